The average Bonchev–Trinajstić information content (AvgIpc) is 2.31. The van der Waals surface area contributed by atoms with Gasteiger partial charge in [0.2, 0.25) is 0 Å². The van der Waals surface area contributed by atoms with Crippen LogP contribution in [0.2, 0.25) is 0 Å². The minimum atomic E-state index is -0.645. The normalized spacial score (nSPS) is 13.2. The molecule has 0 amide bonds. The Labute approximate surface area is 125 Å². The second kappa shape index (κ2) is 7.64. The topological polar surface area (TPSA) is 43.1 Å². The number of halogens is 2. The van der Waals surface area contributed by atoms with Crippen molar-refractivity contribution in [1.82, 2.24) is 0 Å². The highest BCUT2D eigenvalue weighted by Gasteiger charge is 2.24. The van der Waals surface area contributed by atoms with Crippen molar-refractivity contribution in [2.75, 3.05) is 6.54 Å². The first-order valence-electron chi connectivity index (χ1n) is 7.39. The molecule has 0 bridgehead atoms. The molecule has 0 aromatic heterocycles. The Balaban J connectivity index is 2.57. The van der Waals surface area contributed by atoms with E-state index in [1.807, 2.05) is 0 Å². The van der Waals surface area contributed by atoms with Gasteiger partial charge in [-0.1, -0.05) is 20.8 Å². The summed E-state index contributed by atoms with van der Waals surface area (Å²) in [6.45, 7) is 7.02. The zero-order valence-electron chi connectivity index (χ0n) is 13.1. The van der Waals surface area contributed by atoms with Crippen LogP contribution < -0.4 is 5.73 Å². The molecule has 1 rings (SSSR count). The van der Waals surface area contributed by atoms with Gasteiger partial charge in [-0.05, 0) is 48.4 Å². The minimum absolute atomic E-state index is 0.00581. The lowest BCUT2D eigenvalue weighted by atomic mass is 9.76. The van der Waals surface area contributed by atoms with E-state index in [-0.39, 0.29) is 17.6 Å². The fraction of sp³-hybridized carbons (Fsp3) is 0.588. The van der Waals surface area contributed by atoms with Crippen LogP contribution in [0, 0.1) is 23.0 Å². The van der Waals surface area contributed by atoms with Crippen LogP contribution in [-0.2, 0) is 11.2 Å². The summed E-state index contributed by atoms with van der Waals surface area (Å²) in [5, 5.41) is 0. The SMILES string of the molecule is CC(C)(C)C(CCN)CCC(=O)Cc1cc(F)cc(F)c1. The third kappa shape index (κ3) is 6.34. The summed E-state index contributed by atoms with van der Waals surface area (Å²) in [7, 11) is 0. The van der Waals surface area contributed by atoms with E-state index in [2.05, 4.69) is 20.8 Å². The summed E-state index contributed by atoms with van der Waals surface area (Å²) in [5.41, 5.74) is 6.12. The van der Waals surface area contributed by atoms with Gasteiger partial charge in [0.05, 0.1) is 0 Å². The van der Waals surface area contributed by atoms with E-state index < -0.39 is 11.6 Å². The lowest BCUT2D eigenvalue weighted by molar-refractivity contribution is -0.118. The van der Waals surface area contributed by atoms with Crippen molar-refractivity contribution in [3.8, 4) is 0 Å². The molecule has 1 aromatic rings. The van der Waals surface area contributed by atoms with E-state index >= 15 is 0 Å². The summed E-state index contributed by atoms with van der Waals surface area (Å²) in [5.74, 6) is -0.913. The van der Waals surface area contributed by atoms with E-state index in [4.69, 9.17) is 5.73 Å². The average molecular weight is 297 g/mol. The molecule has 0 saturated carbocycles. The molecule has 0 radical (unpaired) electrons. The second-order valence-electron chi connectivity index (χ2n) is 6.67. The highest BCUT2D eigenvalue weighted by molar-refractivity contribution is 5.80. The van der Waals surface area contributed by atoms with Crippen LogP contribution >= 0.6 is 0 Å². The summed E-state index contributed by atoms with van der Waals surface area (Å²) in [4.78, 5) is 12.0. The van der Waals surface area contributed by atoms with E-state index in [1.165, 1.54) is 12.1 Å². The van der Waals surface area contributed by atoms with Gasteiger partial charge in [0.15, 0.2) is 0 Å². The maximum absolute atomic E-state index is 13.1. The van der Waals surface area contributed by atoms with Gasteiger partial charge in [-0.3, -0.25) is 4.79 Å². The first-order valence-corrected chi connectivity index (χ1v) is 7.39. The van der Waals surface area contributed by atoms with Crippen molar-refractivity contribution < 1.29 is 13.6 Å². The number of ketones is 1. The third-order valence-electron chi connectivity index (χ3n) is 3.84. The Morgan fingerprint density at radius 1 is 1.14 bits per heavy atom. The van der Waals surface area contributed by atoms with Crippen molar-refractivity contribution in [3.05, 3.63) is 35.4 Å². The molecule has 1 unspecified atom stereocenters. The lowest BCUT2D eigenvalue weighted by Gasteiger charge is -2.30. The monoisotopic (exact) mass is 297 g/mol. The summed E-state index contributed by atoms with van der Waals surface area (Å²) < 4.78 is 26.2. The molecule has 4 heteroatoms. The number of Topliss-reactive ketones (excluding diaryl/α,β-unsaturated/α-hetero) is 1. The van der Waals surface area contributed by atoms with Gasteiger partial charge in [0, 0.05) is 18.9 Å². The van der Waals surface area contributed by atoms with Crippen molar-refractivity contribution in [2.24, 2.45) is 17.1 Å². The molecule has 1 atom stereocenters. The quantitative estimate of drug-likeness (QED) is 0.830. The molecule has 2 nitrogen and oxygen atoms in total. The van der Waals surface area contributed by atoms with Gasteiger partial charge in [-0.25, -0.2) is 8.78 Å². The second-order valence-corrected chi connectivity index (χ2v) is 6.67. The van der Waals surface area contributed by atoms with E-state index in [0.717, 1.165) is 18.9 Å². The molecule has 0 aliphatic heterocycles. The van der Waals surface area contributed by atoms with Gasteiger partial charge < -0.3 is 5.73 Å². The van der Waals surface area contributed by atoms with Crippen LogP contribution in [0.1, 0.15) is 45.6 Å². The summed E-state index contributed by atoms with van der Waals surface area (Å²) in [6, 6.07) is 3.23. The summed E-state index contributed by atoms with van der Waals surface area (Å²) in [6.07, 6.45) is 2.14. The number of rotatable bonds is 7. The fourth-order valence-electron chi connectivity index (χ4n) is 2.58. The van der Waals surface area contributed by atoms with Crippen molar-refractivity contribution in [1.29, 1.82) is 0 Å². The van der Waals surface area contributed by atoms with Crippen LogP contribution in [0.25, 0.3) is 0 Å². The lowest BCUT2D eigenvalue weighted by Crippen LogP contribution is -2.24. The zero-order valence-corrected chi connectivity index (χ0v) is 13.1. The Morgan fingerprint density at radius 3 is 2.19 bits per heavy atom. The van der Waals surface area contributed by atoms with Gasteiger partial charge in [-0.2, -0.15) is 0 Å². The van der Waals surface area contributed by atoms with Crippen LogP contribution in [0.5, 0.6) is 0 Å². The number of hydrogen-bond donors (Lipinski definition) is 1. The fourth-order valence-corrected chi connectivity index (χ4v) is 2.58. The maximum atomic E-state index is 13.1. The Bertz CT molecular complexity index is 460. The van der Waals surface area contributed by atoms with E-state index in [9.17, 15) is 13.6 Å². The van der Waals surface area contributed by atoms with Crippen LogP contribution in [-0.4, -0.2) is 12.3 Å². The van der Waals surface area contributed by atoms with Gasteiger partial charge in [-0.15, -0.1) is 0 Å². The molecule has 2 N–H and O–H groups in total. The van der Waals surface area contributed by atoms with Gasteiger partial charge in [0.25, 0.3) is 0 Å². The smallest absolute Gasteiger partial charge is 0.137 e. The Morgan fingerprint density at radius 2 is 1.71 bits per heavy atom. The molecule has 0 aliphatic rings. The van der Waals surface area contributed by atoms with Gasteiger partial charge in [0.1, 0.15) is 17.4 Å². The summed E-state index contributed by atoms with van der Waals surface area (Å²) >= 11 is 0. The highest BCUT2D eigenvalue weighted by atomic mass is 19.1. The largest absolute Gasteiger partial charge is 0.330 e. The molecule has 21 heavy (non-hydrogen) atoms. The third-order valence-corrected chi connectivity index (χ3v) is 3.84. The van der Waals surface area contributed by atoms with Crippen molar-refractivity contribution in [2.45, 2.75) is 46.5 Å². The molecular formula is C17H25F2NO. The van der Waals surface area contributed by atoms with Crippen LogP contribution in [0.3, 0.4) is 0 Å². The zero-order chi connectivity index (χ0) is 16.0. The molecule has 118 valence electrons. The number of carbonyl (C=O) groups is 1. The Kier molecular flexibility index (Phi) is 6.46. The molecular weight excluding hydrogens is 272 g/mol. The first-order chi connectivity index (χ1) is 9.72. The van der Waals surface area contributed by atoms with Crippen LogP contribution in [0.15, 0.2) is 18.2 Å². The van der Waals surface area contributed by atoms with Crippen molar-refractivity contribution in [3.63, 3.8) is 0 Å². The Hall–Kier alpha value is -1.29. The minimum Gasteiger partial charge on any atom is -0.330 e. The first kappa shape index (κ1) is 17.8. The molecule has 0 heterocycles. The maximum Gasteiger partial charge on any atom is 0.137 e. The number of hydrogen-bond acceptors (Lipinski definition) is 2. The molecule has 1 aromatic carbocycles. The number of carbonyl (C=O) groups excluding carboxylic acids is 1. The van der Waals surface area contributed by atoms with Gasteiger partial charge >= 0.3 is 0 Å². The predicted molar refractivity (Wildman–Crippen MR) is 80.9 cm³/mol. The van der Waals surface area contributed by atoms with Crippen molar-refractivity contribution >= 4 is 5.78 Å². The standard InChI is InChI=1S/C17H25F2NO/c1-17(2,3)13(6-7-20)4-5-16(21)10-12-8-14(18)11-15(19)9-12/h8-9,11,13H,4-7,10,20H2,1-3H3. The highest BCUT2D eigenvalue weighted by Crippen LogP contribution is 2.32. The number of benzene rings is 1. The predicted octanol–water partition coefficient (Wildman–Crippen LogP) is 3.87. The molecule has 0 saturated heterocycles. The molecule has 0 fully saturated rings. The van der Waals surface area contributed by atoms with E-state index in [1.54, 1.807) is 0 Å². The number of nitrogens with two attached hydrogens (primary N) is 1. The molecule has 0 spiro atoms. The van der Waals surface area contributed by atoms with E-state index in [0.29, 0.717) is 24.4 Å². The molecule has 0 aliphatic carbocycles. The van der Waals surface area contributed by atoms with Crippen LogP contribution in [0.4, 0.5) is 8.78 Å².